The molecule has 5 nitrogen and oxygen atoms in total. The number of hydrogen-bond donors (Lipinski definition) is 2. The van der Waals surface area contributed by atoms with Crippen molar-refractivity contribution >= 4 is 5.91 Å². The molecular formula is C13H19N3O2. The monoisotopic (exact) mass is 249 g/mol. The Hall–Kier alpha value is -1.36. The zero-order valence-electron chi connectivity index (χ0n) is 10.9. The van der Waals surface area contributed by atoms with Crippen LogP contribution in [0.5, 0.6) is 0 Å². The first-order chi connectivity index (χ1) is 8.55. The molecule has 0 radical (unpaired) electrons. The number of amides is 1. The molecule has 0 saturated carbocycles. The lowest BCUT2D eigenvalue weighted by atomic mass is 9.88. The molecule has 0 aromatic carbocycles. The number of carbonyl (C=O) groups is 1. The first-order valence-corrected chi connectivity index (χ1v) is 6.50. The van der Waals surface area contributed by atoms with Crippen LogP contribution in [0.3, 0.4) is 0 Å². The quantitative estimate of drug-likeness (QED) is 0.786. The van der Waals surface area contributed by atoms with Gasteiger partial charge in [-0.15, -0.1) is 0 Å². The van der Waals surface area contributed by atoms with Crippen molar-refractivity contribution in [3.05, 3.63) is 17.2 Å². The Morgan fingerprint density at radius 3 is 3.00 bits per heavy atom. The number of imidazole rings is 1. The number of nitrogens with one attached hydrogen (secondary N) is 2. The number of ether oxygens (including phenoxy) is 1. The summed E-state index contributed by atoms with van der Waals surface area (Å²) in [5.74, 6) is 1.16. The second-order valence-corrected chi connectivity index (χ2v) is 6.03. The maximum Gasteiger partial charge on any atom is 0.271 e. The van der Waals surface area contributed by atoms with Gasteiger partial charge in [-0.2, -0.15) is 0 Å². The maximum absolute atomic E-state index is 12.0. The molecule has 3 heterocycles. The van der Waals surface area contributed by atoms with E-state index in [9.17, 15) is 4.79 Å². The number of hydrogen-bond acceptors (Lipinski definition) is 3. The predicted molar refractivity (Wildman–Crippen MR) is 66.6 cm³/mol. The van der Waals surface area contributed by atoms with E-state index in [2.05, 4.69) is 29.1 Å². The van der Waals surface area contributed by atoms with Crippen LogP contribution in [0.15, 0.2) is 0 Å². The Balaban J connectivity index is 1.94. The average molecular weight is 249 g/mol. The number of aromatic amines is 1. The first-order valence-electron chi connectivity index (χ1n) is 6.50. The summed E-state index contributed by atoms with van der Waals surface area (Å²) in [5.41, 5.74) is 1.61. The van der Waals surface area contributed by atoms with E-state index in [1.54, 1.807) is 0 Å². The lowest BCUT2D eigenvalue weighted by Gasteiger charge is -2.21. The highest BCUT2D eigenvalue weighted by atomic mass is 16.5. The maximum atomic E-state index is 12.0. The zero-order chi connectivity index (χ0) is 12.8. The zero-order valence-corrected chi connectivity index (χ0v) is 10.9. The fraction of sp³-hybridized carbons (Fsp3) is 0.692. The fourth-order valence-corrected chi connectivity index (χ4v) is 2.63. The van der Waals surface area contributed by atoms with Gasteiger partial charge in [0.1, 0.15) is 11.5 Å². The van der Waals surface area contributed by atoms with Gasteiger partial charge in [0.05, 0.1) is 6.61 Å². The number of fused-ring (bicyclic) bond motifs is 1. The van der Waals surface area contributed by atoms with Gasteiger partial charge < -0.3 is 15.0 Å². The van der Waals surface area contributed by atoms with Crippen LogP contribution >= 0.6 is 0 Å². The van der Waals surface area contributed by atoms with Crippen LogP contribution in [0.25, 0.3) is 0 Å². The lowest BCUT2D eigenvalue weighted by molar-refractivity contribution is 0.0940. The van der Waals surface area contributed by atoms with Crippen molar-refractivity contribution in [2.75, 3.05) is 19.8 Å². The Morgan fingerprint density at radius 1 is 1.44 bits per heavy atom. The van der Waals surface area contributed by atoms with Crippen molar-refractivity contribution in [1.82, 2.24) is 15.3 Å². The van der Waals surface area contributed by atoms with Crippen molar-refractivity contribution in [1.29, 1.82) is 0 Å². The second kappa shape index (κ2) is 4.09. The standard InChI is InChI=1S/C13H19N3O2/c1-13(2)5-9-10(12(17)14-7-13)16-11(15-9)8-3-4-18-6-8/h8H,3-7H2,1-2H3,(H,14,17)(H,15,16). The Bertz CT molecular complexity index is 473. The van der Waals surface area contributed by atoms with E-state index in [1.807, 2.05) is 0 Å². The molecule has 0 aliphatic carbocycles. The third kappa shape index (κ3) is 2.03. The summed E-state index contributed by atoms with van der Waals surface area (Å²) < 4.78 is 5.38. The molecule has 1 unspecified atom stereocenters. The Kier molecular flexibility index (Phi) is 2.66. The molecule has 1 amide bonds. The first kappa shape index (κ1) is 11.7. The summed E-state index contributed by atoms with van der Waals surface area (Å²) in [6, 6.07) is 0. The smallest absolute Gasteiger partial charge is 0.271 e. The van der Waals surface area contributed by atoms with Crippen molar-refractivity contribution in [3.63, 3.8) is 0 Å². The van der Waals surface area contributed by atoms with Gasteiger partial charge in [0, 0.05) is 24.8 Å². The highest BCUT2D eigenvalue weighted by Crippen LogP contribution is 2.28. The van der Waals surface area contributed by atoms with E-state index in [1.165, 1.54) is 0 Å². The molecule has 1 fully saturated rings. The SMILES string of the molecule is CC1(C)CNC(=O)c2nc(C3CCOC3)[nH]c2C1. The van der Waals surface area contributed by atoms with Crippen molar-refractivity contribution in [2.24, 2.45) is 5.41 Å². The van der Waals surface area contributed by atoms with Crippen molar-refractivity contribution in [2.45, 2.75) is 32.6 Å². The van der Waals surface area contributed by atoms with Gasteiger partial charge in [-0.25, -0.2) is 4.98 Å². The van der Waals surface area contributed by atoms with Gasteiger partial charge in [0.2, 0.25) is 0 Å². The number of carbonyl (C=O) groups excluding carboxylic acids is 1. The van der Waals surface area contributed by atoms with E-state index < -0.39 is 0 Å². The van der Waals surface area contributed by atoms with Crippen LogP contribution in [0.1, 0.15) is 48.2 Å². The normalized spacial score (nSPS) is 26.6. The van der Waals surface area contributed by atoms with E-state index in [0.29, 0.717) is 24.8 Å². The third-order valence-corrected chi connectivity index (χ3v) is 3.71. The number of rotatable bonds is 1. The molecule has 2 N–H and O–H groups in total. The number of nitrogens with zero attached hydrogens (tertiary/aromatic N) is 1. The minimum absolute atomic E-state index is 0.0583. The van der Waals surface area contributed by atoms with Gasteiger partial charge in [-0.1, -0.05) is 13.8 Å². The van der Waals surface area contributed by atoms with Crippen LogP contribution in [0.2, 0.25) is 0 Å². The van der Waals surface area contributed by atoms with Gasteiger partial charge in [0.15, 0.2) is 0 Å². The molecule has 2 aliphatic heterocycles. The summed E-state index contributed by atoms with van der Waals surface area (Å²) in [4.78, 5) is 19.8. The summed E-state index contributed by atoms with van der Waals surface area (Å²) in [7, 11) is 0. The molecule has 2 aliphatic rings. The van der Waals surface area contributed by atoms with E-state index in [4.69, 9.17) is 4.74 Å². The third-order valence-electron chi connectivity index (χ3n) is 3.71. The molecular weight excluding hydrogens is 230 g/mol. The molecule has 0 bridgehead atoms. The average Bonchev–Trinajstić information content (AvgIpc) is 2.91. The highest BCUT2D eigenvalue weighted by molar-refractivity contribution is 5.94. The topological polar surface area (TPSA) is 67.0 Å². The van der Waals surface area contributed by atoms with E-state index in [0.717, 1.165) is 31.0 Å². The van der Waals surface area contributed by atoms with E-state index >= 15 is 0 Å². The summed E-state index contributed by atoms with van der Waals surface area (Å²) in [5, 5.41) is 2.94. The second-order valence-electron chi connectivity index (χ2n) is 6.03. The van der Waals surface area contributed by atoms with Gasteiger partial charge in [-0.3, -0.25) is 4.79 Å². The van der Waals surface area contributed by atoms with Crippen molar-refractivity contribution in [3.8, 4) is 0 Å². The largest absolute Gasteiger partial charge is 0.381 e. The van der Waals surface area contributed by atoms with Crippen LogP contribution in [-0.2, 0) is 11.2 Å². The molecule has 18 heavy (non-hydrogen) atoms. The molecule has 1 aromatic rings. The molecule has 3 rings (SSSR count). The minimum atomic E-state index is -0.0583. The molecule has 0 spiro atoms. The molecule has 98 valence electrons. The minimum Gasteiger partial charge on any atom is -0.381 e. The summed E-state index contributed by atoms with van der Waals surface area (Å²) in [6.07, 6.45) is 1.83. The molecule has 1 aromatic heterocycles. The van der Waals surface area contributed by atoms with Crippen molar-refractivity contribution < 1.29 is 9.53 Å². The fourth-order valence-electron chi connectivity index (χ4n) is 2.63. The van der Waals surface area contributed by atoms with E-state index in [-0.39, 0.29) is 11.3 Å². The molecule has 5 heteroatoms. The number of aromatic nitrogens is 2. The molecule has 1 atom stereocenters. The highest BCUT2D eigenvalue weighted by Gasteiger charge is 2.31. The van der Waals surface area contributed by atoms with Crippen LogP contribution in [0.4, 0.5) is 0 Å². The van der Waals surface area contributed by atoms with Crippen LogP contribution < -0.4 is 5.32 Å². The van der Waals surface area contributed by atoms with Gasteiger partial charge in [0.25, 0.3) is 5.91 Å². The van der Waals surface area contributed by atoms with Gasteiger partial charge in [-0.05, 0) is 18.3 Å². The Morgan fingerprint density at radius 2 is 2.28 bits per heavy atom. The molecule has 1 saturated heterocycles. The lowest BCUT2D eigenvalue weighted by Crippen LogP contribution is -2.32. The van der Waals surface area contributed by atoms with Gasteiger partial charge >= 0.3 is 0 Å². The predicted octanol–water partition coefficient (Wildman–Crippen LogP) is 1.23. The van der Waals surface area contributed by atoms with Crippen LogP contribution in [0, 0.1) is 5.41 Å². The summed E-state index contributed by atoms with van der Waals surface area (Å²) in [6.45, 7) is 6.49. The summed E-state index contributed by atoms with van der Waals surface area (Å²) >= 11 is 0. The van der Waals surface area contributed by atoms with Crippen LogP contribution in [-0.4, -0.2) is 35.6 Å². The number of H-pyrrole nitrogens is 1. The Labute approximate surface area is 106 Å².